The lowest BCUT2D eigenvalue weighted by Crippen LogP contribution is -2.03. The van der Waals surface area contributed by atoms with Crippen molar-refractivity contribution in [2.75, 3.05) is 6.61 Å². The van der Waals surface area contributed by atoms with Gasteiger partial charge in [0.05, 0.1) is 0 Å². The molecule has 0 spiro atoms. The molecule has 2 N–H and O–H groups in total. The van der Waals surface area contributed by atoms with Crippen LogP contribution in [0.4, 0.5) is 0 Å². The maximum Gasteiger partial charge on any atom is 0.332 e. The standard InChI is InChI=1S/C7H11NO2/c1-3-4-10-7(9)5-6(2)8/h3,5H,1,4,8H2,2H3. The number of rotatable bonds is 3. The lowest BCUT2D eigenvalue weighted by Gasteiger charge is -1.95. The first-order valence-corrected chi connectivity index (χ1v) is 2.88. The Bertz CT molecular complexity index is 157. The summed E-state index contributed by atoms with van der Waals surface area (Å²) in [6, 6.07) is 0. The fourth-order valence-corrected chi connectivity index (χ4v) is 0.369. The van der Waals surface area contributed by atoms with Gasteiger partial charge in [-0.25, -0.2) is 4.79 Å². The summed E-state index contributed by atoms with van der Waals surface area (Å²) in [5.41, 5.74) is 5.64. The van der Waals surface area contributed by atoms with Gasteiger partial charge in [0.15, 0.2) is 0 Å². The first kappa shape index (κ1) is 8.75. The normalized spacial score (nSPS) is 10.7. The van der Waals surface area contributed by atoms with E-state index in [1.54, 1.807) is 6.92 Å². The Balaban J connectivity index is 3.64. The van der Waals surface area contributed by atoms with E-state index < -0.39 is 5.97 Å². The Hall–Kier alpha value is -1.25. The van der Waals surface area contributed by atoms with Gasteiger partial charge < -0.3 is 10.5 Å². The van der Waals surface area contributed by atoms with E-state index in [4.69, 9.17) is 5.73 Å². The van der Waals surface area contributed by atoms with E-state index in [0.29, 0.717) is 5.70 Å². The summed E-state index contributed by atoms with van der Waals surface area (Å²) in [7, 11) is 0. The predicted octanol–water partition coefficient (Wildman–Crippen LogP) is 0.578. The van der Waals surface area contributed by atoms with Gasteiger partial charge in [-0.05, 0) is 6.92 Å². The first-order valence-electron chi connectivity index (χ1n) is 2.88. The molecule has 0 atom stereocenters. The smallest absolute Gasteiger partial charge is 0.332 e. The number of ether oxygens (including phenoxy) is 1. The van der Waals surface area contributed by atoms with Gasteiger partial charge in [-0.2, -0.15) is 0 Å². The summed E-state index contributed by atoms with van der Waals surface area (Å²) in [5.74, 6) is -0.431. The van der Waals surface area contributed by atoms with E-state index >= 15 is 0 Å². The number of nitrogens with two attached hydrogens (primary N) is 1. The molecule has 0 aromatic heterocycles. The molecule has 0 bridgehead atoms. The van der Waals surface area contributed by atoms with E-state index in [1.807, 2.05) is 0 Å². The average molecular weight is 141 g/mol. The third-order valence-electron chi connectivity index (χ3n) is 0.689. The third kappa shape index (κ3) is 4.90. The summed E-state index contributed by atoms with van der Waals surface area (Å²) in [6.45, 7) is 5.23. The van der Waals surface area contributed by atoms with Gasteiger partial charge in [0.1, 0.15) is 6.61 Å². The Kier molecular flexibility index (Phi) is 4.04. The molecule has 0 rings (SSSR count). The second-order valence-corrected chi connectivity index (χ2v) is 1.81. The maximum atomic E-state index is 10.6. The van der Waals surface area contributed by atoms with Crippen molar-refractivity contribution in [2.24, 2.45) is 5.73 Å². The van der Waals surface area contributed by atoms with Gasteiger partial charge >= 0.3 is 5.97 Å². The molecule has 10 heavy (non-hydrogen) atoms. The van der Waals surface area contributed by atoms with Crippen LogP contribution in [0.3, 0.4) is 0 Å². The highest BCUT2D eigenvalue weighted by atomic mass is 16.5. The van der Waals surface area contributed by atoms with Gasteiger partial charge in [0.2, 0.25) is 0 Å². The number of hydrogen-bond donors (Lipinski definition) is 1. The maximum absolute atomic E-state index is 10.6. The lowest BCUT2D eigenvalue weighted by atomic mass is 10.4. The third-order valence-corrected chi connectivity index (χ3v) is 0.689. The number of hydrogen-bond acceptors (Lipinski definition) is 3. The van der Waals surface area contributed by atoms with Crippen molar-refractivity contribution in [1.29, 1.82) is 0 Å². The second kappa shape index (κ2) is 4.61. The molecule has 0 unspecified atom stereocenters. The highest BCUT2D eigenvalue weighted by Gasteiger charge is 1.93. The van der Waals surface area contributed by atoms with Crippen molar-refractivity contribution >= 4 is 5.97 Å². The minimum Gasteiger partial charge on any atom is -0.458 e. The first-order chi connectivity index (χ1) is 4.66. The fraction of sp³-hybridized carbons (Fsp3) is 0.286. The van der Waals surface area contributed by atoms with Crippen LogP contribution < -0.4 is 5.73 Å². The van der Waals surface area contributed by atoms with Crippen LogP contribution in [0.1, 0.15) is 6.92 Å². The SMILES string of the molecule is C=CCOC(=O)C=C(C)N. The minimum absolute atomic E-state index is 0.225. The Labute approximate surface area is 60.2 Å². The molecule has 0 heterocycles. The summed E-state index contributed by atoms with van der Waals surface area (Å²) < 4.78 is 4.59. The van der Waals surface area contributed by atoms with Crippen LogP contribution in [0, 0.1) is 0 Å². The molecule has 0 aliphatic carbocycles. The van der Waals surface area contributed by atoms with Crippen molar-refractivity contribution in [3.05, 3.63) is 24.4 Å². The van der Waals surface area contributed by atoms with Crippen molar-refractivity contribution < 1.29 is 9.53 Å². The molecular weight excluding hydrogens is 130 g/mol. The van der Waals surface area contributed by atoms with Crippen LogP contribution in [0.25, 0.3) is 0 Å². The molecule has 3 nitrogen and oxygen atoms in total. The summed E-state index contributed by atoms with van der Waals surface area (Å²) in [6.07, 6.45) is 2.72. The van der Waals surface area contributed by atoms with Gasteiger partial charge in [-0.15, -0.1) is 0 Å². The van der Waals surface area contributed by atoms with Crippen molar-refractivity contribution in [3.63, 3.8) is 0 Å². The fourth-order valence-electron chi connectivity index (χ4n) is 0.369. The van der Waals surface area contributed by atoms with Crippen LogP contribution in [0.15, 0.2) is 24.4 Å². The van der Waals surface area contributed by atoms with E-state index in [2.05, 4.69) is 11.3 Å². The van der Waals surface area contributed by atoms with E-state index in [9.17, 15) is 4.79 Å². The molecule has 0 amide bonds. The molecule has 56 valence electrons. The molecule has 0 radical (unpaired) electrons. The molecule has 0 aliphatic heterocycles. The molecular formula is C7H11NO2. The zero-order valence-corrected chi connectivity index (χ0v) is 5.96. The highest BCUT2D eigenvalue weighted by Crippen LogP contribution is 1.84. The van der Waals surface area contributed by atoms with Gasteiger partial charge in [-0.3, -0.25) is 0 Å². The zero-order chi connectivity index (χ0) is 7.98. The molecule has 0 aromatic carbocycles. The molecule has 0 aromatic rings. The number of esters is 1. The Morgan fingerprint density at radius 1 is 1.80 bits per heavy atom. The van der Waals surface area contributed by atoms with Gasteiger partial charge in [0, 0.05) is 11.8 Å². The van der Waals surface area contributed by atoms with Crippen LogP contribution in [0.5, 0.6) is 0 Å². The predicted molar refractivity (Wildman–Crippen MR) is 39.1 cm³/mol. The molecule has 3 heteroatoms. The minimum atomic E-state index is -0.431. The second-order valence-electron chi connectivity index (χ2n) is 1.81. The molecule has 0 saturated heterocycles. The zero-order valence-electron chi connectivity index (χ0n) is 5.96. The lowest BCUT2D eigenvalue weighted by molar-refractivity contribution is -0.136. The summed E-state index contributed by atoms with van der Waals surface area (Å²) in [4.78, 5) is 10.6. The molecule has 0 fully saturated rings. The van der Waals surface area contributed by atoms with Crippen LogP contribution in [-0.4, -0.2) is 12.6 Å². The molecule has 0 aliphatic rings. The topological polar surface area (TPSA) is 52.3 Å². The summed E-state index contributed by atoms with van der Waals surface area (Å²) in [5, 5.41) is 0. The number of allylic oxidation sites excluding steroid dienone is 1. The number of carbonyl (C=O) groups excluding carboxylic acids is 1. The van der Waals surface area contributed by atoms with Crippen molar-refractivity contribution in [3.8, 4) is 0 Å². The van der Waals surface area contributed by atoms with Crippen LogP contribution in [-0.2, 0) is 9.53 Å². The van der Waals surface area contributed by atoms with Crippen LogP contribution in [0.2, 0.25) is 0 Å². The van der Waals surface area contributed by atoms with E-state index in [0.717, 1.165) is 0 Å². The van der Waals surface area contributed by atoms with Crippen molar-refractivity contribution in [1.82, 2.24) is 0 Å². The number of carbonyl (C=O) groups is 1. The van der Waals surface area contributed by atoms with E-state index in [-0.39, 0.29) is 6.61 Å². The summed E-state index contributed by atoms with van der Waals surface area (Å²) >= 11 is 0. The van der Waals surface area contributed by atoms with E-state index in [1.165, 1.54) is 12.2 Å². The highest BCUT2D eigenvalue weighted by molar-refractivity contribution is 5.82. The average Bonchev–Trinajstić information content (AvgIpc) is 1.82. The Morgan fingerprint density at radius 2 is 2.40 bits per heavy atom. The van der Waals surface area contributed by atoms with Crippen LogP contribution >= 0.6 is 0 Å². The van der Waals surface area contributed by atoms with Gasteiger partial charge in [-0.1, -0.05) is 12.7 Å². The molecule has 0 saturated carbocycles. The quantitative estimate of drug-likeness (QED) is 0.355. The Morgan fingerprint density at radius 3 is 2.80 bits per heavy atom. The van der Waals surface area contributed by atoms with Crippen molar-refractivity contribution in [2.45, 2.75) is 6.92 Å². The largest absolute Gasteiger partial charge is 0.458 e. The monoisotopic (exact) mass is 141 g/mol. The van der Waals surface area contributed by atoms with Gasteiger partial charge in [0.25, 0.3) is 0 Å².